The first-order valence-electron chi connectivity index (χ1n) is 6.37. The number of hydrogen-bond donors (Lipinski definition) is 0. The first kappa shape index (κ1) is 17.4. The Morgan fingerprint density at radius 3 is 2.45 bits per heavy atom. The Hall–Kier alpha value is -0.990. The third-order valence-corrected chi connectivity index (χ3v) is 5.18. The Kier molecular flexibility index (Phi) is 5.94. The largest absolute Gasteiger partial charge is 0.493 e. The maximum atomic E-state index is 12.6. The van der Waals surface area contributed by atoms with Gasteiger partial charge in [-0.1, -0.05) is 11.6 Å². The van der Waals surface area contributed by atoms with Crippen LogP contribution in [0.15, 0.2) is 24.3 Å². The lowest BCUT2D eigenvalue weighted by Gasteiger charge is -2.18. The molecule has 0 unspecified atom stereocenters. The SMILES string of the molecule is COc1cc(I)c(C(=O)N(C)Cc2ccc(Cl)s2)cc1OC. The topological polar surface area (TPSA) is 38.8 Å². The van der Waals surface area contributed by atoms with Crippen molar-refractivity contribution >= 4 is 51.4 Å². The van der Waals surface area contributed by atoms with E-state index in [2.05, 4.69) is 22.6 Å². The second-order valence-corrected chi connectivity index (χ2v) is 7.52. The number of benzene rings is 1. The van der Waals surface area contributed by atoms with Crippen molar-refractivity contribution in [1.29, 1.82) is 0 Å². The van der Waals surface area contributed by atoms with Crippen LogP contribution in [0.4, 0.5) is 0 Å². The number of carbonyl (C=O) groups is 1. The van der Waals surface area contributed by atoms with Crippen molar-refractivity contribution < 1.29 is 14.3 Å². The number of hydrogen-bond acceptors (Lipinski definition) is 4. The van der Waals surface area contributed by atoms with E-state index in [0.29, 0.717) is 23.6 Å². The van der Waals surface area contributed by atoms with E-state index in [1.54, 1.807) is 38.3 Å². The second kappa shape index (κ2) is 7.52. The van der Waals surface area contributed by atoms with Crippen molar-refractivity contribution in [3.05, 3.63) is 42.6 Å². The molecular weight excluding hydrogens is 437 g/mol. The van der Waals surface area contributed by atoms with Gasteiger partial charge in [0, 0.05) is 15.5 Å². The molecule has 4 nitrogen and oxygen atoms in total. The maximum absolute atomic E-state index is 12.6. The highest BCUT2D eigenvalue weighted by Crippen LogP contribution is 2.32. The van der Waals surface area contributed by atoms with Crippen LogP contribution >= 0.6 is 45.5 Å². The Balaban J connectivity index is 2.24. The van der Waals surface area contributed by atoms with E-state index in [-0.39, 0.29) is 5.91 Å². The molecule has 0 saturated carbocycles. The minimum absolute atomic E-state index is 0.0742. The molecule has 2 aromatic rings. The van der Waals surface area contributed by atoms with Gasteiger partial charge in [0.05, 0.1) is 30.7 Å². The molecule has 1 heterocycles. The highest BCUT2D eigenvalue weighted by Gasteiger charge is 2.19. The van der Waals surface area contributed by atoms with Crippen LogP contribution in [0.25, 0.3) is 0 Å². The zero-order valence-electron chi connectivity index (χ0n) is 12.4. The number of thiophene rings is 1. The summed E-state index contributed by atoms with van der Waals surface area (Å²) in [5, 5.41) is 0. The highest BCUT2D eigenvalue weighted by molar-refractivity contribution is 14.1. The van der Waals surface area contributed by atoms with Gasteiger partial charge in [0.1, 0.15) is 0 Å². The zero-order chi connectivity index (χ0) is 16.3. The van der Waals surface area contributed by atoms with Crippen LogP contribution in [0.1, 0.15) is 15.2 Å². The summed E-state index contributed by atoms with van der Waals surface area (Å²) in [5.41, 5.74) is 0.586. The molecule has 0 bridgehead atoms. The molecule has 2 rings (SSSR count). The van der Waals surface area contributed by atoms with E-state index < -0.39 is 0 Å². The van der Waals surface area contributed by atoms with Crippen molar-refractivity contribution in [2.24, 2.45) is 0 Å². The minimum atomic E-state index is -0.0742. The van der Waals surface area contributed by atoms with Gasteiger partial charge >= 0.3 is 0 Å². The minimum Gasteiger partial charge on any atom is -0.493 e. The Morgan fingerprint density at radius 2 is 1.91 bits per heavy atom. The molecule has 0 radical (unpaired) electrons. The predicted octanol–water partition coefficient (Wildman–Crippen LogP) is 4.30. The molecule has 0 fully saturated rings. The molecule has 1 aromatic heterocycles. The first-order valence-corrected chi connectivity index (χ1v) is 8.64. The van der Waals surface area contributed by atoms with Gasteiger partial charge in [-0.15, -0.1) is 11.3 Å². The molecule has 118 valence electrons. The highest BCUT2D eigenvalue weighted by atomic mass is 127. The van der Waals surface area contributed by atoms with Crippen molar-refractivity contribution in [1.82, 2.24) is 4.90 Å². The second-order valence-electron chi connectivity index (χ2n) is 4.55. The van der Waals surface area contributed by atoms with E-state index in [9.17, 15) is 4.79 Å². The van der Waals surface area contributed by atoms with E-state index >= 15 is 0 Å². The van der Waals surface area contributed by atoms with Crippen LogP contribution in [-0.4, -0.2) is 32.1 Å². The third kappa shape index (κ3) is 3.85. The Morgan fingerprint density at radius 1 is 1.27 bits per heavy atom. The average Bonchev–Trinajstić information content (AvgIpc) is 2.91. The summed E-state index contributed by atoms with van der Waals surface area (Å²) in [6.45, 7) is 0.515. The molecular formula is C15H15ClINO3S. The molecule has 22 heavy (non-hydrogen) atoms. The first-order chi connectivity index (χ1) is 10.5. The standard InChI is InChI=1S/C15H15ClINO3S/c1-18(8-9-4-5-14(16)22-9)15(19)10-6-12(20-2)13(21-3)7-11(10)17/h4-7H,8H2,1-3H3. The summed E-state index contributed by atoms with van der Waals surface area (Å²) in [6.07, 6.45) is 0. The zero-order valence-corrected chi connectivity index (χ0v) is 16.1. The molecule has 1 amide bonds. The summed E-state index contributed by atoms with van der Waals surface area (Å²) in [6, 6.07) is 7.26. The van der Waals surface area contributed by atoms with Crippen LogP contribution in [0.2, 0.25) is 4.34 Å². The van der Waals surface area contributed by atoms with E-state index in [0.717, 1.165) is 12.8 Å². The van der Waals surface area contributed by atoms with Crippen LogP contribution < -0.4 is 9.47 Å². The van der Waals surface area contributed by atoms with Crippen LogP contribution in [0.5, 0.6) is 11.5 Å². The van der Waals surface area contributed by atoms with Gasteiger partial charge in [0.15, 0.2) is 11.5 Å². The average molecular weight is 452 g/mol. The summed E-state index contributed by atoms with van der Waals surface area (Å²) in [4.78, 5) is 15.3. The lowest BCUT2D eigenvalue weighted by atomic mass is 10.1. The number of ether oxygens (including phenoxy) is 2. The Labute approximate surface area is 152 Å². The van der Waals surface area contributed by atoms with Crippen molar-refractivity contribution in [3.8, 4) is 11.5 Å². The lowest BCUT2D eigenvalue weighted by molar-refractivity contribution is 0.0785. The third-order valence-electron chi connectivity index (χ3n) is 3.07. The lowest BCUT2D eigenvalue weighted by Crippen LogP contribution is -2.26. The molecule has 0 saturated heterocycles. The number of methoxy groups -OCH3 is 2. The van der Waals surface area contributed by atoms with Gasteiger partial charge in [0.2, 0.25) is 0 Å². The summed E-state index contributed by atoms with van der Waals surface area (Å²) in [5.74, 6) is 1.07. The summed E-state index contributed by atoms with van der Waals surface area (Å²) in [7, 11) is 4.89. The van der Waals surface area contributed by atoms with Crippen LogP contribution in [0, 0.1) is 3.57 Å². The van der Waals surface area contributed by atoms with Gasteiger partial charge < -0.3 is 14.4 Å². The molecule has 0 aliphatic heterocycles. The maximum Gasteiger partial charge on any atom is 0.255 e. The van der Waals surface area contributed by atoms with Gasteiger partial charge in [0.25, 0.3) is 5.91 Å². The van der Waals surface area contributed by atoms with Crippen LogP contribution in [-0.2, 0) is 6.54 Å². The van der Waals surface area contributed by atoms with Gasteiger partial charge in [-0.2, -0.15) is 0 Å². The monoisotopic (exact) mass is 451 g/mol. The number of nitrogens with zero attached hydrogens (tertiary/aromatic N) is 1. The van der Waals surface area contributed by atoms with Crippen molar-refractivity contribution in [2.45, 2.75) is 6.54 Å². The molecule has 1 aromatic carbocycles. The Bertz CT molecular complexity index is 689. The van der Waals surface area contributed by atoms with E-state index in [1.807, 2.05) is 12.1 Å². The fourth-order valence-electron chi connectivity index (χ4n) is 1.97. The molecule has 0 spiro atoms. The number of halogens is 2. The molecule has 0 atom stereocenters. The quantitative estimate of drug-likeness (QED) is 0.637. The van der Waals surface area contributed by atoms with E-state index in [1.165, 1.54) is 11.3 Å². The number of amides is 1. The number of carbonyl (C=O) groups excluding carboxylic acids is 1. The fraction of sp³-hybridized carbons (Fsp3) is 0.267. The van der Waals surface area contributed by atoms with E-state index in [4.69, 9.17) is 21.1 Å². The number of rotatable bonds is 5. The predicted molar refractivity (Wildman–Crippen MR) is 97.4 cm³/mol. The molecule has 7 heteroatoms. The summed E-state index contributed by atoms with van der Waals surface area (Å²) < 4.78 is 12.0. The van der Waals surface area contributed by atoms with Gasteiger partial charge in [-0.3, -0.25) is 4.79 Å². The fourth-order valence-corrected chi connectivity index (χ4v) is 3.78. The van der Waals surface area contributed by atoms with Crippen molar-refractivity contribution in [2.75, 3.05) is 21.3 Å². The molecule has 0 N–H and O–H groups in total. The van der Waals surface area contributed by atoms with Gasteiger partial charge in [-0.25, -0.2) is 0 Å². The summed E-state index contributed by atoms with van der Waals surface area (Å²) >= 11 is 9.52. The molecule has 0 aliphatic carbocycles. The van der Waals surface area contributed by atoms with Crippen LogP contribution in [0.3, 0.4) is 0 Å². The van der Waals surface area contributed by atoms with Crippen molar-refractivity contribution in [3.63, 3.8) is 0 Å². The smallest absolute Gasteiger partial charge is 0.255 e. The molecule has 0 aliphatic rings. The normalized spacial score (nSPS) is 10.4. The van der Waals surface area contributed by atoms with Gasteiger partial charge in [-0.05, 0) is 46.9 Å².